The monoisotopic (exact) mass is 194 g/mol. The topological polar surface area (TPSA) is 39.4 Å². The third kappa shape index (κ3) is 1.15. The van der Waals surface area contributed by atoms with Gasteiger partial charge in [0.05, 0.1) is 13.4 Å². The molecule has 1 aliphatic carbocycles. The Hall–Kier alpha value is -1.25. The van der Waals surface area contributed by atoms with Crippen LogP contribution in [0.2, 0.25) is 0 Å². The summed E-state index contributed by atoms with van der Waals surface area (Å²) < 4.78 is 10.2. The minimum absolute atomic E-state index is 0.201. The molecule has 14 heavy (non-hydrogen) atoms. The Labute approximate surface area is 83.0 Å². The number of hydrogen-bond acceptors (Lipinski definition) is 3. The van der Waals surface area contributed by atoms with Gasteiger partial charge in [0.2, 0.25) is 0 Å². The Morgan fingerprint density at radius 2 is 2.43 bits per heavy atom. The molecule has 0 saturated carbocycles. The molecule has 1 unspecified atom stereocenters. The van der Waals surface area contributed by atoms with Gasteiger partial charge in [-0.25, -0.2) is 0 Å². The molecule has 3 heteroatoms. The molecule has 76 valence electrons. The van der Waals surface area contributed by atoms with Gasteiger partial charge in [-0.05, 0) is 37.8 Å². The Balaban J connectivity index is 2.44. The van der Waals surface area contributed by atoms with E-state index in [4.69, 9.17) is 9.15 Å². The van der Waals surface area contributed by atoms with E-state index in [1.165, 1.54) is 7.11 Å². The fraction of sp³-hybridized carbons (Fsp3) is 0.545. The minimum Gasteiger partial charge on any atom is -0.468 e. The summed E-state index contributed by atoms with van der Waals surface area (Å²) in [6, 6.07) is 1.94. The van der Waals surface area contributed by atoms with E-state index in [2.05, 4.69) is 0 Å². The largest absolute Gasteiger partial charge is 0.468 e. The zero-order valence-electron chi connectivity index (χ0n) is 8.50. The van der Waals surface area contributed by atoms with Crippen molar-refractivity contribution in [1.82, 2.24) is 0 Å². The first-order chi connectivity index (χ1) is 6.68. The van der Waals surface area contributed by atoms with Crippen LogP contribution in [-0.2, 0) is 21.4 Å². The zero-order valence-corrected chi connectivity index (χ0v) is 8.50. The van der Waals surface area contributed by atoms with Crippen molar-refractivity contribution in [3.8, 4) is 0 Å². The predicted molar refractivity (Wildman–Crippen MR) is 51.0 cm³/mol. The maximum absolute atomic E-state index is 11.7. The number of aryl methyl sites for hydroxylation is 1. The lowest BCUT2D eigenvalue weighted by atomic mass is 9.76. The molecular weight excluding hydrogens is 180 g/mol. The van der Waals surface area contributed by atoms with Crippen LogP contribution in [-0.4, -0.2) is 13.1 Å². The summed E-state index contributed by atoms with van der Waals surface area (Å²) in [4.78, 5) is 11.7. The molecule has 0 amide bonds. The molecule has 1 atom stereocenters. The summed E-state index contributed by atoms with van der Waals surface area (Å²) in [6.07, 6.45) is 4.47. The van der Waals surface area contributed by atoms with Crippen molar-refractivity contribution >= 4 is 5.97 Å². The molecule has 0 aliphatic heterocycles. The number of esters is 1. The number of hydrogen-bond donors (Lipinski definition) is 0. The van der Waals surface area contributed by atoms with E-state index in [0.717, 1.165) is 30.6 Å². The maximum Gasteiger partial charge on any atom is 0.319 e. The summed E-state index contributed by atoms with van der Waals surface area (Å²) in [5.41, 5.74) is 0.565. The van der Waals surface area contributed by atoms with E-state index in [1.807, 2.05) is 13.0 Å². The maximum atomic E-state index is 11.7. The Morgan fingerprint density at radius 1 is 1.64 bits per heavy atom. The molecule has 1 heterocycles. The first-order valence-electron chi connectivity index (χ1n) is 4.84. The van der Waals surface area contributed by atoms with Crippen molar-refractivity contribution in [3.05, 3.63) is 23.7 Å². The minimum atomic E-state index is -0.578. The fourth-order valence-electron chi connectivity index (χ4n) is 2.18. The van der Waals surface area contributed by atoms with Gasteiger partial charge in [-0.1, -0.05) is 0 Å². The molecule has 0 fully saturated rings. The van der Waals surface area contributed by atoms with Gasteiger partial charge in [-0.3, -0.25) is 4.79 Å². The molecular formula is C11H14O3. The van der Waals surface area contributed by atoms with Crippen LogP contribution in [0.5, 0.6) is 0 Å². The molecule has 0 saturated heterocycles. The second kappa shape index (κ2) is 3.15. The molecule has 0 spiro atoms. The molecule has 0 radical (unpaired) electrons. The van der Waals surface area contributed by atoms with Crippen molar-refractivity contribution in [2.45, 2.75) is 31.6 Å². The Bertz CT molecular complexity index is 353. The van der Waals surface area contributed by atoms with Crippen LogP contribution in [0.3, 0.4) is 0 Å². The second-order valence-corrected chi connectivity index (χ2v) is 3.95. The Kier molecular flexibility index (Phi) is 2.10. The summed E-state index contributed by atoms with van der Waals surface area (Å²) >= 11 is 0. The smallest absolute Gasteiger partial charge is 0.319 e. The SMILES string of the molecule is COC(=O)C1(C)CCCc2ccoc21. The van der Waals surface area contributed by atoms with E-state index in [1.54, 1.807) is 6.26 Å². The second-order valence-electron chi connectivity index (χ2n) is 3.95. The molecule has 0 aromatic carbocycles. The van der Waals surface area contributed by atoms with Crippen LogP contribution in [0.25, 0.3) is 0 Å². The highest BCUT2D eigenvalue weighted by atomic mass is 16.5. The standard InChI is InChI=1S/C11H14O3/c1-11(10(12)13-2)6-3-4-8-5-7-14-9(8)11/h5,7H,3-4,6H2,1-2H3. The average molecular weight is 194 g/mol. The van der Waals surface area contributed by atoms with Crippen LogP contribution in [0.15, 0.2) is 16.7 Å². The number of fused-ring (bicyclic) bond motifs is 1. The summed E-state index contributed by atoms with van der Waals surface area (Å²) in [6.45, 7) is 1.89. The lowest BCUT2D eigenvalue weighted by molar-refractivity contribution is -0.148. The van der Waals surface area contributed by atoms with Gasteiger partial charge < -0.3 is 9.15 Å². The third-order valence-corrected chi connectivity index (χ3v) is 3.01. The number of carbonyl (C=O) groups excluding carboxylic acids is 1. The zero-order chi connectivity index (χ0) is 10.2. The van der Waals surface area contributed by atoms with E-state index >= 15 is 0 Å². The van der Waals surface area contributed by atoms with Crippen molar-refractivity contribution in [1.29, 1.82) is 0 Å². The highest BCUT2D eigenvalue weighted by Crippen LogP contribution is 2.38. The fourth-order valence-corrected chi connectivity index (χ4v) is 2.18. The van der Waals surface area contributed by atoms with E-state index in [0.29, 0.717) is 0 Å². The van der Waals surface area contributed by atoms with E-state index in [-0.39, 0.29) is 5.97 Å². The van der Waals surface area contributed by atoms with E-state index in [9.17, 15) is 4.79 Å². The quantitative estimate of drug-likeness (QED) is 0.642. The van der Waals surface area contributed by atoms with Crippen LogP contribution in [0.1, 0.15) is 31.1 Å². The molecule has 0 bridgehead atoms. The highest BCUT2D eigenvalue weighted by Gasteiger charge is 2.42. The third-order valence-electron chi connectivity index (χ3n) is 3.01. The van der Waals surface area contributed by atoms with Gasteiger partial charge in [0.15, 0.2) is 0 Å². The number of rotatable bonds is 1. The average Bonchev–Trinajstić information content (AvgIpc) is 2.66. The normalized spacial score (nSPS) is 25.6. The van der Waals surface area contributed by atoms with Gasteiger partial charge in [0, 0.05) is 0 Å². The first kappa shape index (κ1) is 9.31. The molecule has 0 N–H and O–H groups in total. The van der Waals surface area contributed by atoms with Gasteiger partial charge in [0.25, 0.3) is 0 Å². The van der Waals surface area contributed by atoms with Crippen molar-refractivity contribution in [2.24, 2.45) is 0 Å². The molecule has 2 rings (SSSR count). The van der Waals surface area contributed by atoms with Gasteiger partial charge in [-0.15, -0.1) is 0 Å². The van der Waals surface area contributed by atoms with E-state index < -0.39 is 5.41 Å². The summed E-state index contributed by atoms with van der Waals surface area (Å²) in [5, 5.41) is 0. The molecule has 1 aliphatic rings. The van der Waals surface area contributed by atoms with Crippen molar-refractivity contribution in [2.75, 3.05) is 7.11 Å². The lowest BCUT2D eigenvalue weighted by Crippen LogP contribution is -2.36. The summed E-state index contributed by atoms with van der Waals surface area (Å²) in [7, 11) is 1.42. The van der Waals surface area contributed by atoms with Crippen LogP contribution >= 0.6 is 0 Å². The Morgan fingerprint density at radius 3 is 3.14 bits per heavy atom. The van der Waals surface area contributed by atoms with Gasteiger partial charge >= 0.3 is 5.97 Å². The predicted octanol–water partition coefficient (Wildman–Crippen LogP) is 2.05. The number of ether oxygens (including phenoxy) is 1. The lowest BCUT2D eigenvalue weighted by Gasteiger charge is -2.29. The number of carbonyl (C=O) groups is 1. The molecule has 1 aromatic heterocycles. The van der Waals surface area contributed by atoms with Crippen molar-refractivity contribution in [3.63, 3.8) is 0 Å². The number of methoxy groups -OCH3 is 1. The first-order valence-corrected chi connectivity index (χ1v) is 4.84. The summed E-state index contributed by atoms with van der Waals surface area (Å²) in [5.74, 6) is 0.587. The molecule has 1 aromatic rings. The highest BCUT2D eigenvalue weighted by molar-refractivity contribution is 5.82. The van der Waals surface area contributed by atoms with Crippen LogP contribution < -0.4 is 0 Å². The van der Waals surface area contributed by atoms with Crippen LogP contribution in [0.4, 0.5) is 0 Å². The van der Waals surface area contributed by atoms with Crippen molar-refractivity contribution < 1.29 is 13.9 Å². The van der Waals surface area contributed by atoms with Gasteiger partial charge in [0.1, 0.15) is 11.2 Å². The number of furan rings is 1. The van der Waals surface area contributed by atoms with Crippen LogP contribution in [0, 0.1) is 0 Å². The van der Waals surface area contributed by atoms with Gasteiger partial charge in [-0.2, -0.15) is 0 Å². The molecule has 3 nitrogen and oxygen atoms in total.